The highest BCUT2D eigenvalue weighted by Crippen LogP contribution is 2.48. The van der Waals surface area contributed by atoms with Gasteiger partial charge in [-0.3, -0.25) is 9.69 Å². The molecule has 2 aliphatic carbocycles. The Bertz CT molecular complexity index is 979. The molecule has 4 aliphatic rings. The standard InChI is InChI=1S/C27H33N3O/c1-28-19-30(22-10-3-2-4-11-22)27(26(28)31)15-17-29(18-16-27)24-14-13-21-8-5-7-20-9-6-12-23(24)25(20)21/h2-4,6,9-12,21,24H,5,7-8,13-19H2,1H3. The molecule has 162 valence electrons. The fourth-order valence-corrected chi connectivity index (χ4v) is 7.01. The quantitative estimate of drug-likeness (QED) is 0.711. The SMILES string of the molecule is CN1CN(c2ccccc2)C2(CCN(C3CCC4CCCc5cccc3c54)CC2)C1=O. The van der Waals surface area contributed by atoms with E-state index in [2.05, 4.69) is 58.3 Å². The molecule has 2 heterocycles. The molecule has 2 atom stereocenters. The van der Waals surface area contributed by atoms with E-state index in [9.17, 15) is 4.79 Å². The van der Waals surface area contributed by atoms with E-state index in [1.165, 1.54) is 37.8 Å². The number of anilines is 1. The lowest BCUT2D eigenvalue weighted by atomic mass is 9.71. The number of aryl methyl sites for hydroxylation is 1. The smallest absolute Gasteiger partial charge is 0.249 e. The molecule has 0 radical (unpaired) electrons. The summed E-state index contributed by atoms with van der Waals surface area (Å²) in [7, 11) is 1.96. The predicted octanol–water partition coefficient (Wildman–Crippen LogP) is 4.71. The minimum atomic E-state index is -0.375. The first kappa shape index (κ1) is 19.4. The molecule has 4 nitrogen and oxygen atoms in total. The van der Waals surface area contributed by atoms with Crippen LogP contribution in [0.15, 0.2) is 48.5 Å². The van der Waals surface area contributed by atoms with Crippen molar-refractivity contribution in [2.45, 2.75) is 62.4 Å². The van der Waals surface area contributed by atoms with Crippen LogP contribution in [-0.2, 0) is 11.2 Å². The Morgan fingerprint density at radius 1 is 0.935 bits per heavy atom. The summed E-state index contributed by atoms with van der Waals surface area (Å²) < 4.78 is 0. The second-order valence-corrected chi connectivity index (χ2v) is 10.1. The number of benzene rings is 2. The highest BCUT2D eigenvalue weighted by atomic mass is 16.2. The Morgan fingerprint density at radius 2 is 1.74 bits per heavy atom. The number of nitrogens with zero attached hydrogens (tertiary/aromatic N) is 3. The number of para-hydroxylation sites is 1. The molecule has 2 aromatic rings. The Kier molecular flexibility index (Phi) is 4.60. The first-order valence-corrected chi connectivity index (χ1v) is 12.1. The van der Waals surface area contributed by atoms with Crippen LogP contribution in [0.1, 0.15) is 67.2 Å². The van der Waals surface area contributed by atoms with Gasteiger partial charge in [-0.2, -0.15) is 0 Å². The number of rotatable bonds is 2. The van der Waals surface area contributed by atoms with Crippen LogP contribution in [0.25, 0.3) is 0 Å². The lowest BCUT2D eigenvalue weighted by molar-refractivity contribution is -0.132. The summed E-state index contributed by atoms with van der Waals surface area (Å²) in [6.45, 7) is 2.70. The van der Waals surface area contributed by atoms with Crippen molar-refractivity contribution in [3.05, 3.63) is 65.2 Å². The van der Waals surface area contributed by atoms with Crippen LogP contribution in [0, 0.1) is 0 Å². The molecular formula is C27H33N3O. The summed E-state index contributed by atoms with van der Waals surface area (Å²) in [5.74, 6) is 1.09. The number of piperidine rings is 1. The highest BCUT2D eigenvalue weighted by Gasteiger charge is 2.53. The molecular weight excluding hydrogens is 382 g/mol. The van der Waals surface area contributed by atoms with Gasteiger partial charge in [0, 0.05) is 31.9 Å². The van der Waals surface area contributed by atoms with Crippen molar-refractivity contribution in [1.29, 1.82) is 0 Å². The van der Waals surface area contributed by atoms with Crippen molar-refractivity contribution >= 4 is 11.6 Å². The van der Waals surface area contributed by atoms with Crippen LogP contribution in [-0.4, -0.2) is 48.1 Å². The van der Waals surface area contributed by atoms with Gasteiger partial charge in [-0.25, -0.2) is 0 Å². The molecule has 2 fully saturated rings. The first-order chi connectivity index (χ1) is 15.2. The van der Waals surface area contributed by atoms with E-state index >= 15 is 0 Å². The van der Waals surface area contributed by atoms with Gasteiger partial charge in [0.1, 0.15) is 5.54 Å². The van der Waals surface area contributed by atoms with Crippen molar-refractivity contribution in [3.63, 3.8) is 0 Å². The molecule has 6 rings (SSSR count). The molecule has 4 heteroatoms. The molecule has 0 N–H and O–H groups in total. The van der Waals surface area contributed by atoms with E-state index < -0.39 is 0 Å². The molecule has 31 heavy (non-hydrogen) atoms. The maximum absolute atomic E-state index is 13.3. The predicted molar refractivity (Wildman–Crippen MR) is 124 cm³/mol. The lowest BCUT2D eigenvalue weighted by Crippen LogP contribution is -2.57. The third kappa shape index (κ3) is 2.95. The van der Waals surface area contributed by atoms with Crippen molar-refractivity contribution in [2.24, 2.45) is 0 Å². The molecule has 1 amide bonds. The van der Waals surface area contributed by atoms with Gasteiger partial charge in [-0.15, -0.1) is 0 Å². The molecule has 2 aliphatic heterocycles. The van der Waals surface area contributed by atoms with E-state index in [1.54, 1.807) is 16.7 Å². The summed E-state index contributed by atoms with van der Waals surface area (Å²) in [5, 5.41) is 0. The van der Waals surface area contributed by atoms with Gasteiger partial charge in [0.2, 0.25) is 5.91 Å². The van der Waals surface area contributed by atoms with Crippen molar-refractivity contribution in [2.75, 3.05) is 31.7 Å². The van der Waals surface area contributed by atoms with Gasteiger partial charge in [0.05, 0.1) is 6.67 Å². The molecule has 2 unspecified atom stereocenters. The van der Waals surface area contributed by atoms with Crippen LogP contribution in [0.4, 0.5) is 5.69 Å². The minimum absolute atomic E-state index is 0.303. The Hall–Kier alpha value is -2.33. The number of hydrogen-bond acceptors (Lipinski definition) is 3. The molecule has 1 spiro atoms. The normalized spacial score (nSPS) is 27.6. The van der Waals surface area contributed by atoms with Crippen LogP contribution >= 0.6 is 0 Å². The molecule has 2 saturated heterocycles. The monoisotopic (exact) mass is 415 g/mol. The largest absolute Gasteiger partial charge is 0.339 e. The zero-order valence-electron chi connectivity index (χ0n) is 18.6. The second kappa shape index (κ2) is 7.37. The van der Waals surface area contributed by atoms with E-state index in [4.69, 9.17) is 0 Å². The number of amides is 1. The van der Waals surface area contributed by atoms with Gasteiger partial charge in [0.25, 0.3) is 0 Å². The number of carbonyl (C=O) groups is 1. The average molecular weight is 416 g/mol. The van der Waals surface area contributed by atoms with Crippen LogP contribution in [0.2, 0.25) is 0 Å². The topological polar surface area (TPSA) is 26.8 Å². The fraction of sp³-hybridized carbons (Fsp3) is 0.519. The number of likely N-dealkylation sites (N-methyl/N-ethyl adjacent to an activating group) is 1. The zero-order chi connectivity index (χ0) is 21.0. The maximum Gasteiger partial charge on any atom is 0.249 e. The van der Waals surface area contributed by atoms with Gasteiger partial charge >= 0.3 is 0 Å². The molecule has 2 aromatic carbocycles. The van der Waals surface area contributed by atoms with Crippen LogP contribution < -0.4 is 4.90 Å². The number of carbonyl (C=O) groups excluding carboxylic acids is 1. The van der Waals surface area contributed by atoms with E-state index in [-0.39, 0.29) is 5.54 Å². The van der Waals surface area contributed by atoms with E-state index in [0.29, 0.717) is 18.6 Å². The van der Waals surface area contributed by atoms with Crippen molar-refractivity contribution < 1.29 is 4.79 Å². The van der Waals surface area contributed by atoms with Crippen LogP contribution in [0.3, 0.4) is 0 Å². The number of hydrogen-bond donors (Lipinski definition) is 0. The van der Waals surface area contributed by atoms with Crippen molar-refractivity contribution in [1.82, 2.24) is 9.80 Å². The summed E-state index contributed by atoms with van der Waals surface area (Å²) in [6, 6.07) is 18.1. The maximum atomic E-state index is 13.3. The highest BCUT2D eigenvalue weighted by molar-refractivity contribution is 5.93. The van der Waals surface area contributed by atoms with Crippen LogP contribution in [0.5, 0.6) is 0 Å². The fourth-order valence-electron chi connectivity index (χ4n) is 7.01. The van der Waals surface area contributed by atoms with E-state index in [0.717, 1.165) is 31.8 Å². The van der Waals surface area contributed by atoms with Gasteiger partial charge < -0.3 is 9.80 Å². The Morgan fingerprint density at radius 3 is 2.55 bits per heavy atom. The zero-order valence-corrected chi connectivity index (χ0v) is 18.6. The molecule has 0 bridgehead atoms. The average Bonchev–Trinajstić information content (AvgIpc) is 3.06. The minimum Gasteiger partial charge on any atom is -0.339 e. The number of likely N-dealkylation sites (tertiary alicyclic amines) is 1. The van der Waals surface area contributed by atoms with Gasteiger partial charge in [0.15, 0.2) is 0 Å². The second-order valence-electron chi connectivity index (χ2n) is 10.1. The summed E-state index contributed by atoms with van der Waals surface area (Å²) >= 11 is 0. The van der Waals surface area contributed by atoms with Crippen molar-refractivity contribution in [3.8, 4) is 0 Å². The summed E-state index contributed by atoms with van der Waals surface area (Å²) in [4.78, 5) is 20.3. The van der Waals surface area contributed by atoms with Gasteiger partial charge in [-0.1, -0.05) is 36.4 Å². The Balaban J connectivity index is 1.27. The summed E-state index contributed by atoms with van der Waals surface area (Å²) in [6.07, 6.45) is 8.40. The lowest BCUT2D eigenvalue weighted by Gasteiger charge is -2.47. The third-order valence-corrected chi connectivity index (χ3v) is 8.53. The Labute approximate surface area is 185 Å². The first-order valence-electron chi connectivity index (χ1n) is 12.1. The molecule has 0 aromatic heterocycles. The van der Waals surface area contributed by atoms with E-state index in [1.807, 2.05) is 11.9 Å². The summed E-state index contributed by atoms with van der Waals surface area (Å²) in [5.41, 5.74) is 5.69. The van der Waals surface area contributed by atoms with Gasteiger partial charge in [-0.05, 0) is 79.7 Å². The molecule has 0 saturated carbocycles. The third-order valence-electron chi connectivity index (χ3n) is 8.53.